The van der Waals surface area contributed by atoms with Crippen molar-refractivity contribution in [1.82, 2.24) is 0 Å². The molecule has 0 N–H and O–H groups in total. The monoisotopic (exact) mass is 341 g/mol. The van der Waals surface area contributed by atoms with Crippen LogP contribution in [0.1, 0.15) is 75.2 Å². The van der Waals surface area contributed by atoms with Crippen LogP contribution in [0.25, 0.3) is 0 Å². The number of rotatable bonds is 5. The molecule has 0 amide bonds. The molecule has 25 heavy (non-hydrogen) atoms. The van der Waals surface area contributed by atoms with Crippen molar-refractivity contribution < 1.29 is 14.3 Å². The minimum Gasteiger partial charge on any atom is -0.456 e. The van der Waals surface area contributed by atoms with E-state index in [0.717, 1.165) is 24.8 Å². The highest BCUT2D eigenvalue weighted by Crippen LogP contribution is 2.34. The zero-order valence-corrected chi connectivity index (χ0v) is 15.5. The fraction of sp³-hybridized carbons (Fsp3) is 0.571. The number of carbonyl (C=O) groups excluding carboxylic acids is 2. The van der Waals surface area contributed by atoms with Crippen LogP contribution in [-0.2, 0) is 9.53 Å². The lowest BCUT2D eigenvalue weighted by Crippen LogP contribution is -2.23. The van der Waals surface area contributed by atoms with E-state index in [9.17, 15) is 9.59 Å². The summed E-state index contributed by atoms with van der Waals surface area (Å²) in [6.45, 7) is 7.69. The predicted molar refractivity (Wildman–Crippen MR) is 96.1 cm³/mol. The third-order valence-electron chi connectivity index (χ3n) is 4.80. The van der Waals surface area contributed by atoms with Crippen LogP contribution < -0.4 is 0 Å². The van der Waals surface area contributed by atoms with Gasteiger partial charge in [-0.2, -0.15) is 5.26 Å². The van der Waals surface area contributed by atoms with Gasteiger partial charge in [-0.1, -0.05) is 19.1 Å². The molecular weight excluding hydrogens is 314 g/mol. The number of nitrogens with zero attached hydrogens (tertiary/aromatic N) is 1. The summed E-state index contributed by atoms with van der Waals surface area (Å²) in [5, 5.41) is 9.14. The van der Waals surface area contributed by atoms with Crippen LogP contribution in [-0.4, -0.2) is 17.4 Å². The van der Waals surface area contributed by atoms with Gasteiger partial charge in [-0.25, -0.2) is 4.79 Å². The Balaban J connectivity index is 1.92. The van der Waals surface area contributed by atoms with E-state index in [0.29, 0.717) is 17.9 Å². The summed E-state index contributed by atoms with van der Waals surface area (Å²) in [5.74, 6) is -0.111. The second kappa shape index (κ2) is 7.82. The average Bonchev–Trinajstić information content (AvgIpc) is 2.91. The van der Waals surface area contributed by atoms with Crippen molar-refractivity contribution in [2.75, 3.05) is 0 Å². The SMILES string of the molecule is CC(CCC1CCC(=O)C1C#N)c1ccc(C(=O)OC(C)(C)C)cc1. The normalized spacial score (nSPS) is 21.6. The van der Waals surface area contributed by atoms with Gasteiger partial charge >= 0.3 is 5.97 Å². The molecule has 4 heteroatoms. The Hall–Kier alpha value is -2.15. The molecule has 1 aliphatic carbocycles. The molecule has 3 atom stereocenters. The molecule has 0 aliphatic heterocycles. The summed E-state index contributed by atoms with van der Waals surface area (Å²) in [6.07, 6.45) is 3.20. The molecule has 2 rings (SSSR count). The molecule has 0 saturated heterocycles. The van der Waals surface area contributed by atoms with Gasteiger partial charge in [-0.05, 0) is 69.6 Å². The van der Waals surface area contributed by atoms with Crippen LogP contribution in [0, 0.1) is 23.2 Å². The first-order valence-corrected chi connectivity index (χ1v) is 8.97. The fourth-order valence-corrected chi connectivity index (χ4v) is 3.32. The van der Waals surface area contributed by atoms with Gasteiger partial charge in [0.2, 0.25) is 0 Å². The highest BCUT2D eigenvalue weighted by atomic mass is 16.6. The summed E-state index contributed by atoms with van der Waals surface area (Å²) in [6, 6.07) is 9.70. The molecule has 1 aromatic rings. The van der Waals surface area contributed by atoms with Crippen LogP contribution in [0.2, 0.25) is 0 Å². The number of carbonyl (C=O) groups is 2. The third kappa shape index (κ3) is 5.16. The summed E-state index contributed by atoms with van der Waals surface area (Å²) < 4.78 is 5.37. The molecule has 134 valence electrons. The highest BCUT2D eigenvalue weighted by molar-refractivity contribution is 5.89. The Bertz CT molecular complexity index is 664. The first kappa shape index (κ1) is 19.2. The van der Waals surface area contributed by atoms with Gasteiger partial charge in [0.05, 0.1) is 11.6 Å². The van der Waals surface area contributed by atoms with Crippen LogP contribution >= 0.6 is 0 Å². The molecule has 1 aromatic carbocycles. The minimum atomic E-state index is -0.501. The molecule has 4 nitrogen and oxygen atoms in total. The van der Waals surface area contributed by atoms with Crippen molar-refractivity contribution >= 4 is 11.8 Å². The third-order valence-corrected chi connectivity index (χ3v) is 4.80. The maximum absolute atomic E-state index is 12.1. The first-order valence-electron chi connectivity index (χ1n) is 8.97. The van der Waals surface area contributed by atoms with E-state index < -0.39 is 11.5 Å². The number of esters is 1. The Morgan fingerprint density at radius 1 is 1.32 bits per heavy atom. The standard InChI is InChI=1S/C21H27NO3/c1-14(5-6-16-11-12-19(23)18(16)13-22)15-7-9-17(10-8-15)20(24)25-21(2,3)4/h7-10,14,16,18H,5-6,11-12H2,1-4H3. The van der Waals surface area contributed by atoms with Gasteiger partial charge in [0.1, 0.15) is 17.3 Å². The van der Waals surface area contributed by atoms with Crippen LogP contribution in [0.3, 0.4) is 0 Å². The van der Waals surface area contributed by atoms with Crippen molar-refractivity contribution in [1.29, 1.82) is 5.26 Å². The summed E-state index contributed by atoms with van der Waals surface area (Å²) in [7, 11) is 0. The molecule has 1 aliphatic rings. The van der Waals surface area contributed by atoms with Gasteiger partial charge < -0.3 is 4.74 Å². The number of benzene rings is 1. The molecular formula is C21H27NO3. The quantitative estimate of drug-likeness (QED) is 0.731. The predicted octanol–water partition coefficient (Wildman–Crippen LogP) is 4.64. The van der Waals surface area contributed by atoms with Gasteiger partial charge in [0.15, 0.2) is 0 Å². The second-order valence-corrected chi connectivity index (χ2v) is 7.97. The molecule has 0 spiro atoms. The number of hydrogen-bond donors (Lipinski definition) is 0. The van der Waals surface area contributed by atoms with Crippen molar-refractivity contribution in [3.05, 3.63) is 35.4 Å². The van der Waals surface area contributed by atoms with Crippen LogP contribution in [0.15, 0.2) is 24.3 Å². The number of ether oxygens (including phenoxy) is 1. The average molecular weight is 341 g/mol. The van der Waals surface area contributed by atoms with Crippen molar-refractivity contribution in [2.24, 2.45) is 11.8 Å². The topological polar surface area (TPSA) is 67.2 Å². The number of ketones is 1. The van der Waals surface area contributed by atoms with Gasteiger partial charge in [-0.15, -0.1) is 0 Å². The molecule has 1 fully saturated rings. The van der Waals surface area contributed by atoms with E-state index >= 15 is 0 Å². The maximum Gasteiger partial charge on any atom is 0.338 e. The van der Waals surface area contributed by atoms with Crippen LogP contribution in [0.5, 0.6) is 0 Å². The van der Waals surface area contributed by atoms with Gasteiger partial charge in [0, 0.05) is 6.42 Å². The smallest absolute Gasteiger partial charge is 0.338 e. The molecule has 1 saturated carbocycles. The maximum atomic E-state index is 12.1. The van der Waals surface area contributed by atoms with Gasteiger partial charge in [-0.3, -0.25) is 4.79 Å². The minimum absolute atomic E-state index is 0.0990. The largest absolute Gasteiger partial charge is 0.456 e. The van der Waals surface area contributed by atoms with E-state index in [4.69, 9.17) is 10.00 Å². The summed E-state index contributed by atoms with van der Waals surface area (Å²) in [5.41, 5.74) is 1.21. The zero-order valence-electron chi connectivity index (χ0n) is 15.5. The Morgan fingerprint density at radius 2 is 1.96 bits per heavy atom. The Morgan fingerprint density at radius 3 is 2.52 bits per heavy atom. The van der Waals surface area contributed by atoms with Crippen LogP contribution in [0.4, 0.5) is 0 Å². The number of nitriles is 1. The van der Waals surface area contributed by atoms with Crippen molar-refractivity contribution in [3.8, 4) is 6.07 Å². The van der Waals surface area contributed by atoms with Crippen molar-refractivity contribution in [2.45, 2.75) is 64.9 Å². The van der Waals surface area contributed by atoms with Crippen molar-refractivity contribution in [3.63, 3.8) is 0 Å². The molecule has 3 unspecified atom stereocenters. The number of hydrogen-bond acceptors (Lipinski definition) is 4. The summed E-state index contributed by atoms with van der Waals surface area (Å²) >= 11 is 0. The number of Topliss-reactive ketones (excluding diaryl/α,β-unsaturated/α-hetero) is 1. The highest BCUT2D eigenvalue weighted by Gasteiger charge is 2.34. The fourth-order valence-electron chi connectivity index (χ4n) is 3.32. The molecule has 0 radical (unpaired) electrons. The lowest BCUT2D eigenvalue weighted by atomic mass is 9.87. The first-order chi connectivity index (χ1) is 11.7. The molecule has 0 heterocycles. The lowest BCUT2D eigenvalue weighted by molar-refractivity contribution is -0.119. The molecule has 0 aromatic heterocycles. The van der Waals surface area contributed by atoms with E-state index in [-0.39, 0.29) is 17.7 Å². The lowest BCUT2D eigenvalue weighted by Gasteiger charge is -2.20. The zero-order chi connectivity index (χ0) is 18.6. The second-order valence-electron chi connectivity index (χ2n) is 7.97. The summed E-state index contributed by atoms with van der Waals surface area (Å²) in [4.78, 5) is 23.7. The Labute approximate surface area is 150 Å². The molecule has 0 bridgehead atoms. The van der Waals surface area contributed by atoms with E-state index in [1.54, 1.807) is 12.1 Å². The van der Waals surface area contributed by atoms with E-state index in [1.807, 2.05) is 32.9 Å². The Kier molecular flexibility index (Phi) is 6.00. The van der Waals surface area contributed by atoms with E-state index in [2.05, 4.69) is 13.0 Å². The van der Waals surface area contributed by atoms with E-state index in [1.165, 1.54) is 0 Å². The van der Waals surface area contributed by atoms with Gasteiger partial charge in [0.25, 0.3) is 0 Å².